The largest absolute Gasteiger partial charge is 0.367 e. The zero-order chi connectivity index (χ0) is 19.9. The van der Waals surface area contributed by atoms with E-state index in [1.807, 2.05) is 6.92 Å². The Bertz CT molecular complexity index is 970. The zero-order valence-corrected chi connectivity index (χ0v) is 17.8. The van der Waals surface area contributed by atoms with Crippen molar-refractivity contribution in [2.75, 3.05) is 5.32 Å². The van der Waals surface area contributed by atoms with Crippen LogP contribution in [0.5, 0.6) is 0 Å². The van der Waals surface area contributed by atoms with E-state index in [4.69, 9.17) is 9.97 Å². The molecule has 148 valence electrons. The van der Waals surface area contributed by atoms with E-state index < -0.39 is 0 Å². The van der Waals surface area contributed by atoms with Crippen molar-refractivity contribution in [1.29, 1.82) is 0 Å². The number of fused-ring (bicyclic) bond motifs is 1. The summed E-state index contributed by atoms with van der Waals surface area (Å²) < 4.78 is 2.19. The van der Waals surface area contributed by atoms with Gasteiger partial charge in [-0.05, 0) is 43.7 Å². The van der Waals surface area contributed by atoms with Crippen LogP contribution in [0.4, 0.5) is 5.82 Å². The Labute approximate surface area is 168 Å². The van der Waals surface area contributed by atoms with Crippen molar-refractivity contribution in [2.45, 2.75) is 78.2 Å². The standard InChI is InChI=1S/C24H32N4/c1-16-15-17(2)28-22(26-20-9-7-6-8-10-20)21(27-23(28)25-16)18-11-13-19(14-12-18)24(3,4)5/h11-15,20,26H,6-10H2,1-5H3. The molecule has 3 aromatic rings. The molecule has 0 spiro atoms. The number of hydrogen-bond donors (Lipinski definition) is 1. The average Bonchev–Trinajstić information content (AvgIpc) is 3.00. The van der Waals surface area contributed by atoms with Crippen molar-refractivity contribution in [3.05, 3.63) is 47.3 Å². The van der Waals surface area contributed by atoms with Gasteiger partial charge in [0.05, 0.1) is 0 Å². The molecule has 0 saturated heterocycles. The normalized spacial score (nSPS) is 15.9. The number of aryl methyl sites for hydroxylation is 2. The van der Waals surface area contributed by atoms with Gasteiger partial charge in [-0.2, -0.15) is 0 Å². The van der Waals surface area contributed by atoms with Crippen LogP contribution in [0.2, 0.25) is 0 Å². The summed E-state index contributed by atoms with van der Waals surface area (Å²) in [5.74, 6) is 1.88. The van der Waals surface area contributed by atoms with Gasteiger partial charge in [-0.1, -0.05) is 64.3 Å². The smallest absolute Gasteiger partial charge is 0.236 e. The third kappa shape index (κ3) is 3.65. The Morgan fingerprint density at radius 1 is 0.964 bits per heavy atom. The molecule has 4 nitrogen and oxygen atoms in total. The minimum absolute atomic E-state index is 0.149. The summed E-state index contributed by atoms with van der Waals surface area (Å²) in [4.78, 5) is 9.66. The molecular formula is C24H32N4. The van der Waals surface area contributed by atoms with E-state index in [0.717, 1.165) is 28.5 Å². The number of rotatable bonds is 3. The Morgan fingerprint density at radius 3 is 2.29 bits per heavy atom. The summed E-state index contributed by atoms with van der Waals surface area (Å²) in [5.41, 5.74) is 5.82. The maximum Gasteiger partial charge on any atom is 0.236 e. The molecule has 28 heavy (non-hydrogen) atoms. The van der Waals surface area contributed by atoms with E-state index in [0.29, 0.717) is 6.04 Å². The molecule has 4 heteroatoms. The molecule has 1 aliphatic carbocycles. The number of nitrogens with zero attached hydrogens (tertiary/aromatic N) is 3. The third-order valence-electron chi connectivity index (χ3n) is 5.88. The van der Waals surface area contributed by atoms with Gasteiger partial charge in [-0.25, -0.2) is 9.97 Å². The van der Waals surface area contributed by atoms with Gasteiger partial charge in [0.1, 0.15) is 11.5 Å². The number of aromatic nitrogens is 3. The molecule has 1 fully saturated rings. The van der Waals surface area contributed by atoms with Crippen LogP contribution < -0.4 is 5.32 Å². The van der Waals surface area contributed by atoms with Crippen LogP contribution in [-0.2, 0) is 5.41 Å². The molecule has 1 N–H and O–H groups in total. The molecular weight excluding hydrogens is 344 g/mol. The first kappa shape index (κ1) is 19.0. The molecule has 0 amide bonds. The fourth-order valence-corrected chi connectivity index (χ4v) is 4.28. The second kappa shape index (κ2) is 7.23. The summed E-state index contributed by atoms with van der Waals surface area (Å²) >= 11 is 0. The van der Waals surface area contributed by atoms with Gasteiger partial charge in [0.15, 0.2) is 0 Å². The van der Waals surface area contributed by atoms with Gasteiger partial charge in [-0.3, -0.25) is 4.40 Å². The number of nitrogens with one attached hydrogen (secondary N) is 1. The fraction of sp³-hybridized carbons (Fsp3) is 0.500. The summed E-state index contributed by atoms with van der Waals surface area (Å²) in [6, 6.07) is 11.5. The highest BCUT2D eigenvalue weighted by Crippen LogP contribution is 2.33. The molecule has 4 rings (SSSR count). The minimum atomic E-state index is 0.149. The first-order chi connectivity index (χ1) is 13.3. The highest BCUT2D eigenvalue weighted by molar-refractivity contribution is 5.76. The SMILES string of the molecule is Cc1cc(C)n2c(NC3CCCCC3)c(-c3ccc(C(C)(C)C)cc3)nc2n1. The van der Waals surface area contributed by atoms with Gasteiger partial charge in [0, 0.05) is 23.0 Å². The highest BCUT2D eigenvalue weighted by atomic mass is 15.2. The van der Waals surface area contributed by atoms with Gasteiger partial charge in [0.2, 0.25) is 5.78 Å². The molecule has 1 aromatic carbocycles. The van der Waals surface area contributed by atoms with Gasteiger partial charge in [-0.15, -0.1) is 0 Å². The monoisotopic (exact) mass is 376 g/mol. The molecule has 1 aliphatic rings. The van der Waals surface area contributed by atoms with E-state index in [-0.39, 0.29) is 5.41 Å². The molecule has 0 unspecified atom stereocenters. The van der Waals surface area contributed by atoms with Crippen molar-refractivity contribution in [2.24, 2.45) is 0 Å². The predicted octanol–water partition coefficient (Wildman–Crippen LogP) is 6.06. The van der Waals surface area contributed by atoms with Gasteiger partial charge in [0.25, 0.3) is 0 Å². The third-order valence-corrected chi connectivity index (χ3v) is 5.88. The molecule has 2 aromatic heterocycles. The Balaban J connectivity index is 1.82. The molecule has 2 heterocycles. The lowest BCUT2D eigenvalue weighted by molar-refractivity contribution is 0.461. The van der Waals surface area contributed by atoms with E-state index in [9.17, 15) is 0 Å². The lowest BCUT2D eigenvalue weighted by Gasteiger charge is -2.24. The molecule has 0 bridgehead atoms. The summed E-state index contributed by atoms with van der Waals surface area (Å²) in [6.45, 7) is 10.9. The van der Waals surface area contributed by atoms with Crippen LogP contribution >= 0.6 is 0 Å². The maximum atomic E-state index is 4.95. The average molecular weight is 377 g/mol. The second-order valence-electron chi connectivity index (χ2n) is 9.29. The Morgan fingerprint density at radius 2 is 1.64 bits per heavy atom. The number of hydrogen-bond acceptors (Lipinski definition) is 3. The van der Waals surface area contributed by atoms with Crippen LogP contribution in [0.15, 0.2) is 30.3 Å². The van der Waals surface area contributed by atoms with Gasteiger partial charge < -0.3 is 5.32 Å². The molecule has 0 radical (unpaired) electrons. The number of imidazole rings is 1. The number of anilines is 1. The lowest BCUT2D eigenvalue weighted by atomic mass is 9.86. The van der Waals surface area contributed by atoms with Crippen molar-refractivity contribution in [3.8, 4) is 11.3 Å². The molecule has 1 saturated carbocycles. The van der Waals surface area contributed by atoms with Crippen molar-refractivity contribution >= 4 is 11.6 Å². The van der Waals surface area contributed by atoms with Crippen LogP contribution in [0.3, 0.4) is 0 Å². The van der Waals surface area contributed by atoms with E-state index in [1.54, 1.807) is 0 Å². The lowest BCUT2D eigenvalue weighted by Crippen LogP contribution is -2.23. The Hall–Kier alpha value is -2.36. The van der Waals surface area contributed by atoms with Crippen molar-refractivity contribution in [1.82, 2.24) is 14.4 Å². The minimum Gasteiger partial charge on any atom is -0.367 e. The first-order valence-corrected chi connectivity index (χ1v) is 10.6. The predicted molar refractivity (Wildman–Crippen MR) is 117 cm³/mol. The molecule has 0 aliphatic heterocycles. The topological polar surface area (TPSA) is 42.2 Å². The van der Waals surface area contributed by atoms with E-state index in [2.05, 4.69) is 67.7 Å². The van der Waals surface area contributed by atoms with Gasteiger partial charge >= 0.3 is 0 Å². The van der Waals surface area contributed by atoms with E-state index >= 15 is 0 Å². The molecule has 0 atom stereocenters. The quantitative estimate of drug-likeness (QED) is 0.604. The first-order valence-electron chi connectivity index (χ1n) is 10.6. The summed E-state index contributed by atoms with van der Waals surface area (Å²) in [5, 5.41) is 3.84. The van der Waals surface area contributed by atoms with Crippen LogP contribution in [-0.4, -0.2) is 20.4 Å². The van der Waals surface area contributed by atoms with Crippen LogP contribution in [0, 0.1) is 13.8 Å². The van der Waals surface area contributed by atoms with E-state index in [1.165, 1.54) is 43.4 Å². The number of benzene rings is 1. The van der Waals surface area contributed by atoms with Crippen molar-refractivity contribution in [3.63, 3.8) is 0 Å². The van der Waals surface area contributed by atoms with Crippen LogP contribution in [0.1, 0.15) is 69.8 Å². The Kier molecular flexibility index (Phi) is 4.90. The zero-order valence-electron chi connectivity index (χ0n) is 17.8. The fourth-order valence-electron chi connectivity index (χ4n) is 4.28. The summed E-state index contributed by atoms with van der Waals surface area (Å²) in [6.07, 6.45) is 6.43. The second-order valence-corrected chi connectivity index (χ2v) is 9.29. The van der Waals surface area contributed by atoms with Crippen molar-refractivity contribution < 1.29 is 0 Å². The maximum absolute atomic E-state index is 4.95. The van der Waals surface area contributed by atoms with Crippen LogP contribution in [0.25, 0.3) is 17.0 Å². The summed E-state index contributed by atoms with van der Waals surface area (Å²) in [7, 11) is 0. The highest BCUT2D eigenvalue weighted by Gasteiger charge is 2.22.